The number of fused-ring (bicyclic) bond motifs is 2. The molecule has 0 aliphatic heterocycles. The van der Waals surface area contributed by atoms with E-state index in [4.69, 9.17) is 14.4 Å². The van der Waals surface area contributed by atoms with Crippen LogP contribution in [0.25, 0.3) is 44.6 Å². The predicted octanol–water partition coefficient (Wildman–Crippen LogP) is 8.69. The van der Waals surface area contributed by atoms with Gasteiger partial charge in [-0.3, -0.25) is 4.99 Å². The highest BCUT2D eigenvalue weighted by molar-refractivity contribution is 6.01. The van der Waals surface area contributed by atoms with Gasteiger partial charge in [0.1, 0.15) is 5.52 Å². The first kappa shape index (κ1) is 22.1. The van der Waals surface area contributed by atoms with Crippen LogP contribution >= 0.6 is 0 Å². The molecule has 0 atom stereocenters. The molecule has 0 radical (unpaired) electrons. The fourth-order valence-corrected chi connectivity index (χ4v) is 4.55. The molecule has 176 valence electrons. The van der Waals surface area contributed by atoms with E-state index >= 15 is 0 Å². The highest BCUT2D eigenvalue weighted by Gasteiger charge is 2.21. The van der Waals surface area contributed by atoms with Gasteiger partial charge in [0.15, 0.2) is 5.58 Å². The van der Waals surface area contributed by atoms with Gasteiger partial charge in [-0.15, -0.1) is 0 Å². The molecular formula is C32H27N3O. The molecular weight excluding hydrogens is 442 g/mol. The third-order valence-corrected chi connectivity index (χ3v) is 6.55. The summed E-state index contributed by atoms with van der Waals surface area (Å²) in [6, 6.07) is 31.0. The summed E-state index contributed by atoms with van der Waals surface area (Å²) < 4.78 is 6.39. The first-order valence-electron chi connectivity index (χ1n) is 12.2. The van der Waals surface area contributed by atoms with Crippen LogP contribution < -0.4 is 0 Å². The maximum atomic E-state index is 6.39. The molecule has 2 aromatic heterocycles. The van der Waals surface area contributed by atoms with Crippen LogP contribution in [0.3, 0.4) is 0 Å². The molecule has 0 saturated heterocycles. The molecule has 4 aromatic carbocycles. The Hall–Kier alpha value is -4.44. The number of H-pyrrole nitrogens is 1. The van der Waals surface area contributed by atoms with Crippen molar-refractivity contribution in [3.8, 4) is 22.7 Å². The third-order valence-electron chi connectivity index (χ3n) is 6.55. The zero-order valence-electron chi connectivity index (χ0n) is 20.6. The summed E-state index contributed by atoms with van der Waals surface area (Å²) in [5.41, 5.74) is 7.59. The van der Waals surface area contributed by atoms with Gasteiger partial charge in [0.25, 0.3) is 0 Å². The number of hydrogen-bond acceptors (Lipinski definition) is 3. The summed E-state index contributed by atoms with van der Waals surface area (Å²) in [5, 5.41) is 2.37. The van der Waals surface area contributed by atoms with Gasteiger partial charge in [-0.1, -0.05) is 75.4 Å². The second-order valence-corrected chi connectivity index (χ2v) is 10.1. The van der Waals surface area contributed by atoms with Crippen molar-refractivity contribution in [2.24, 2.45) is 4.99 Å². The van der Waals surface area contributed by atoms with E-state index in [1.54, 1.807) is 0 Å². The van der Waals surface area contributed by atoms with Crippen LogP contribution in [-0.4, -0.2) is 16.2 Å². The molecule has 6 aromatic rings. The zero-order chi connectivity index (χ0) is 24.7. The molecule has 0 saturated carbocycles. The fraction of sp³-hybridized carbons (Fsp3) is 0.125. The predicted molar refractivity (Wildman–Crippen MR) is 149 cm³/mol. The Morgan fingerprint density at radius 3 is 2.47 bits per heavy atom. The van der Waals surface area contributed by atoms with E-state index in [0.29, 0.717) is 5.89 Å². The molecule has 4 nitrogen and oxygen atoms in total. The van der Waals surface area contributed by atoms with Gasteiger partial charge in [-0.25, -0.2) is 4.98 Å². The smallest absolute Gasteiger partial charge is 0.229 e. The van der Waals surface area contributed by atoms with Crippen LogP contribution in [-0.2, 0) is 5.41 Å². The standard InChI is InChI=1S/C32H27N3O/c1-32(2,3)23-18-26(28-16-9-17-33-28)30-29(19-23)36-31(35-30)25-14-6-7-15-27(25)34-20-22-12-8-11-21-10-4-5-13-24(21)22/h4-20,33H,1-3H3. The summed E-state index contributed by atoms with van der Waals surface area (Å²) in [7, 11) is 0. The van der Waals surface area contributed by atoms with Crippen LogP contribution in [0.4, 0.5) is 5.69 Å². The number of para-hydroxylation sites is 1. The lowest BCUT2D eigenvalue weighted by Crippen LogP contribution is -2.11. The minimum atomic E-state index is -0.0247. The van der Waals surface area contributed by atoms with E-state index in [-0.39, 0.29) is 5.41 Å². The topological polar surface area (TPSA) is 54.2 Å². The maximum absolute atomic E-state index is 6.39. The van der Waals surface area contributed by atoms with Crippen molar-refractivity contribution in [3.05, 3.63) is 108 Å². The Morgan fingerprint density at radius 1 is 0.833 bits per heavy atom. The molecule has 0 amide bonds. The minimum absolute atomic E-state index is 0.0247. The number of aromatic amines is 1. The minimum Gasteiger partial charge on any atom is -0.436 e. The third kappa shape index (κ3) is 4.01. The number of nitrogens with one attached hydrogen (secondary N) is 1. The van der Waals surface area contributed by atoms with Crippen LogP contribution in [0.15, 0.2) is 107 Å². The first-order valence-corrected chi connectivity index (χ1v) is 12.2. The summed E-state index contributed by atoms with van der Waals surface area (Å²) >= 11 is 0. The number of aromatic nitrogens is 2. The molecule has 6 rings (SSSR count). The van der Waals surface area contributed by atoms with Gasteiger partial charge in [0, 0.05) is 29.2 Å². The van der Waals surface area contributed by atoms with E-state index in [1.165, 1.54) is 16.3 Å². The van der Waals surface area contributed by atoms with Crippen LogP contribution in [0.1, 0.15) is 31.9 Å². The van der Waals surface area contributed by atoms with Crippen molar-refractivity contribution in [2.75, 3.05) is 0 Å². The van der Waals surface area contributed by atoms with E-state index in [2.05, 4.69) is 86.4 Å². The van der Waals surface area contributed by atoms with Crippen molar-refractivity contribution in [3.63, 3.8) is 0 Å². The Balaban J connectivity index is 1.48. The highest BCUT2D eigenvalue weighted by atomic mass is 16.3. The summed E-state index contributed by atoms with van der Waals surface area (Å²) in [6.45, 7) is 6.63. The number of rotatable bonds is 4. The average molecular weight is 470 g/mol. The molecule has 1 N–H and O–H groups in total. The van der Waals surface area contributed by atoms with Crippen LogP contribution in [0, 0.1) is 0 Å². The summed E-state index contributed by atoms with van der Waals surface area (Å²) in [4.78, 5) is 13.2. The van der Waals surface area contributed by atoms with Crippen molar-refractivity contribution < 1.29 is 4.42 Å². The monoisotopic (exact) mass is 469 g/mol. The Kier molecular flexibility index (Phi) is 5.30. The lowest BCUT2D eigenvalue weighted by Gasteiger charge is -2.19. The van der Waals surface area contributed by atoms with E-state index in [0.717, 1.165) is 39.2 Å². The van der Waals surface area contributed by atoms with Gasteiger partial charge < -0.3 is 9.40 Å². The second-order valence-electron chi connectivity index (χ2n) is 10.1. The quantitative estimate of drug-likeness (QED) is 0.263. The van der Waals surface area contributed by atoms with E-state index < -0.39 is 0 Å². The lowest BCUT2D eigenvalue weighted by molar-refractivity contribution is 0.584. The molecule has 0 unspecified atom stereocenters. The van der Waals surface area contributed by atoms with Gasteiger partial charge in [0.2, 0.25) is 5.89 Å². The van der Waals surface area contributed by atoms with E-state index in [9.17, 15) is 0 Å². The number of benzene rings is 4. The Morgan fingerprint density at radius 2 is 1.64 bits per heavy atom. The van der Waals surface area contributed by atoms with Crippen LogP contribution in [0.5, 0.6) is 0 Å². The second kappa shape index (κ2) is 8.65. The number of nitrogens with zero attached hydrogens (tertiary/aromatic N) is 2. The molecule has 2 heterocycles. The largest absolute Gasteiger partial charge is 0.436 e. The van der Waals surface area contributed by atoms with Gasteiger partial charge >= 0.3 is 0 Å². The maximum Gasteiger partial charge on any atom is 0.229 e. The first-order chi connectivity index (χ1) is 17.5. The van der Waals surface area contributed by atoms with Gasteiger partial charge in [-0.2, -0.15) is 0 Å². The Labute approximate surface area is 210 Å². The lowest BCUT2D eigenvalue weighted by atomic mass is 9.85. The molecule has 4 heteroatoms. The summed E-state index contributed by atoms with van der Waals surface area (Å²) in [5.74, 6) is 0.564. The van der Waals surface area contributed by atoms with E-state index in [1.807, 2.05) is 42.7 Å². The van der Waals surface area contributed by atoms with Crippen molar-refractivity contribution in [1.29, 1.82) is 0 Å². The molecule has 0 aliphatic carbocycles. The molecule has 0 fully saturated rings. The highest BCUT2D eigenvalue weighted by Crippen LogP contribution is 2.38. The molecule has 36 heavy (non-hydrogen) atoms. The van der Waals surface area contributed by atoms with Crippen LogP contribution in [0.2, 0.25) is 0 Å². The average Bonchev–Trinajstić information content (AvgIpc) is 3.57. The zero-order valence-corrected chi connectivity index (χ0v) is 20.6. The molecule has 0 aliphatic rings. The molecule has 0 bridgehead atoms. The SMILES string of the molecule is CC(C)(C)c1cc(-c2ccc[nH]2)c2nc(-c3ccccc3N=Cc3cccc4ccccc34)oc2c1. The fourth-order valence-electron chi connectivity index (χ4n) is 4.55. The Bertz CT molecular complexity index is 1710. The summed E-state index contributed by atoms with van der Waals surface area (Å²) in [6.07, 6.45) is 3.86. The normalized spacial score (nSPS) is 12.2. The van der Waals surface area contributed by atoms with Gasteiger partial charge in [0.05, 0.1) is 11.3 Å². The molecule has 0 spiro atoms. The number of oxazole rings is 1. The van der Waals surface area contributed by atoms with Crippen molar-refractivity contribution in [1.82, 2.24) is 9.97 Å². The number of aliphatic imine (C=N–C) groups is 1. The van der Waals surface area contributed by atoms with Crippen molar-refractivity contribution in [2.45, 2.75) is 26.2 Å². The van der Waals surface area contributed by atoms with Crippen molar-refractivity contribution >= 4 is 33.8 Å². The van der Waals surface area contributed by atoms with Gasteiger partial charge in [-0.05, 0) is 58.1 Å². The number of hydrogen-bond donors (Lipinski definition) is 1.